The van der Waals surface area contributed by atoms with Crippen LogP contribution in [0.15, 0.2) is 30.3 Å². The van der Waals surface area contributed by atoms with Crippen LogP contribution in [0.25, 0.3) is 0 Å². The molecular weight excluding hydrogens is 308 g/mol. The Morgan fingerprint density at radius 3 is 2.92 bits per heavy atom. The van der Waals surface area contributed by atoms with Crippen LogP contribution in [0.3, 0.4) is 0 Å². The van der Waals surface area contributed by atoms with Crippen molar-refractivity contribution in [3.63, 3.8) is 0 Å². The molecule has 0 bridgehead atoms. The molecular formula is C18H22N2O4. The number of nitrogens with zero attached hydrogens (tertiary/aromatic N) is 2. The zero-order valence-corrected chi connectivity index (χ0v) is 13.8. The summed E-state index contributed by atoms with van der Waals surface area (Å²) >= 11 is 0. The Balaban J connectivity index is 1.67. The molecule has 24 heavy (non-hydrogen) atoms. The minimum atomic E-state index is -1.02. The van der Waals surface area contributed by atoms with Gasteiger partial charge in [0.15, 0.2) is 5.69 Å². The fourth-order valence-corrected chi connectivity index (χ4v) is 2.87. The summed E-state index contributed by atoms with van der Waals surface area (Å²) in [6.45, 7) is 3.69. The van der Waals surface area contributed by atoms with E-state index in [1.54, 1.807) is 4.68 Å². The van der Waals surface area contributed by atoms with Crippen molar-refractivity contribution in [3.05, 3.63) is 47.2 Å². The Bertz CT molecular complexity index is 697. The second-order valence-electron chi connectivity index (χ2n) is 5.89. The van der Waals surface area contributed by atoms with Crippen LogP contribution >= 0.6 is 0 Å². The monoisotopic (exact) mass is 330 g/mol. The van der Waals surface area contributed by atoms with E-state index in [1.165, 1.54) is 0 Å². The third-order valence-corrected chi connectivity index (χ3v) is 4.21. The van der Waals surface area contributed by atoms with Gasteiger partial charge in [0, 0.05) is 19.4 Å². The van der Waals surface area contributed by atoms with E-state index in [0.717, 1.165) is 18.4 Å². The van der Waals surface area contributed by atoms with Gasteiger partial charge in [-0.15, -0.1) is 0 Å². The zero-order valence-electron chi connectivity index (χ0n) is 13.8. The minimum absolute atomic E-state index is 0.0741. The van der Waals surface area contributed by atoms with Gasteiger partial charge in [-0.25, -0.2) is 9.48 Å². The topological polar surface area (TPSA) is 73.6 Å². The fraction of sp³-hybridized carbons (Fsp3) is 0.444. The number of ether oxygens (including phenoxy) is 2. The molecule has 2 heterocycles. The molecule has 2 aromatic rings. The standard InChI is InChI=1S/C18H22N2O4/c1-2-14-8-10-20-17(24-14)15(16(19-20)18(21)22)9-11-23-12-13-6-4-3-5-7-13/h3-7,14H,2,8-12H2,1H3,(H,21,22). The Kier molecular flexibility index (Phi) is 5.15. The first-order valence-corrected chi connectivity index (χ1v) is 8.30. The number of benzene rings is 1. The van der Waals surface area contributed by atoms with E-state index in [1.807, 2.05) is 30.3 Å². The van der Waals surface area contributed by atoms with E-state index in [-0.39, 0.29) is 11.8 Å². The molecule has 1 atom stereocenters. The molecule has 1 N–H and O–H groups in total. The van der Waals surface area contributed by atoms with E-state index in [9.17, 15) is 9.90 Å². The van der Waals surface area contributed by atoms with Crippen LogP contribution in [0.4, 0.5) is 0 Å². The average Bonchev–Trinajstić information content (AvgIpc) is 2.97. The number of carboxylic acids is 1. The second kappa shape index (κ2) is 7.49. The summed E-state index contributed by atoms with van der Waals surface area (Å²) in [6.07, 6.45) is 2.35. The second-order valence-corrected chi connectivity index (χ2v) is 5.89. The third-order valence-electron chi connectivity index (χ3n) is 4.21. The maximum Gasteiger partial charge on any atom is 0.356 e. The van der Waals surface area contributed by atoms with E-state index in [4.69, 9.17) is 9.47 Å². The normalized spacial score (nSPS) is 16.5. The number of aromatic carboxylic acids is 1. The fourth-order valence-electron chi connectivity index (χ4n) is 2.87. The number of carboxylic acid groups (broad SMARTS) is 1. The molecule has 0 saturated carbocycles. The van der Waals surface area contributed by atoms with Crippen molar-refractivity contribution in [3.8, 4) is 5.88 Å². The number of rotatable bonds is 7. The molecule has 1 aliphatic rings. The number of hydrogen-bond donors (Lipinski definition) is 1. The molecule has 1 aromatic carbocycles. The van der Waals surface area contributed by atoms with E-state index in [0.29, 0.717) is 37.6 Å². The molecule has 0 radical (unpaired) electrons. The molecule has 1 unspecified atom stereocenters. The van der Waals surface area contributed by atoms with Crippen LogP contribution < -0.4 is 4.74 Å². The van der Waals surface area contributed by atoms with Gasteiger partial charge in [0.25, 0.3) is 0 Å². The highest BCUT2D eigenvalue weighted by Crippen LogP contribution is 2.29. The highest BCUT2D eigenvalue weighted by molar-refractivity contribution is 5.87. The quantitative estimate of drug-likeness (QED) is 0.790. The Morgan fingerprint density at radius 2 is 2.21 bits per heavy atom. The van der Waals surface area contributed by atoms with Gasteiger partial charge in [0.1, 0.15) is 6.10 Å². The molecule has 0 spiro atoms. The van der Waals surface area contributed by atoms with E-state index in [2.05, 4.69) is 12.0 Å². The molecule has 3 rings (SSSR count). The third kappa shape index (κ3) is 3.59. The van der Waals surface area contributed by atoms with Crippen LogP contribution in [0.2, 0.25) is 0 Å². The average molecular weight is 330 g/mol. The number of fused-ring (bicyclic) bond motifs is 1. The number of aromatic nitrogens is 2. The molecule has 6 nitrogen and oxygen atoms in total. The Morgan fingerprint density at radius 1 is 1.42 bits per heavy atom. The lowest BCUT2D eigenvalue weighted by Gasteiger charge is -2.24. The SMILES string of the molecule is CCC1CCn2nc(C(=O)O)c(CCOCc3ccccc3)c2O1. The lowest BCUT2D eigenvalue weighted by Crippen LogP contribution is -2.26. The zero-order chi connectivity index (χ0) is 16.9. The van der Waals surface area contributed by atoms with Gasteiger partial charge in [0.05, 0.1) is 18.8 Å². The first-order chi connectivity index (χ1) is 11.7. The first kappa shape index (κ1) is 16.5. The van der Waals surface area contributed by atoms with Crippen molar-refractivity contribution in [2.45, 2.75) is 45.4 Å². The maximum absolute atomic E-state index is 11.5. The van der Waals surface area contributed by atoms with Gasteiger partial charge in [-0.3, -0.25) is 0 Å². The predicted molar refractivity (Wildman–Crippen MR) is 88.3 cm³/mol. The van der Waals surface area contributed by atoms with Gasteiger partial charge in [0.2, 0.25) is 5.88 Å². The van der Waals surface area contributed by atoms with E-state index < -0.39 is 5.97 Å². The van der Waals surface area contributed by atoms with Crippen LogP contribution in [0, 0.1) is 0 Å². The largest absolute Gasteiger partial charge is 0.476 e. The van der Waals surface area contributed by atoms with Gasteiger partial charge in [-0.1, -0.05) is 37.3 Å². The Hall–Kier alpha value is -2.34. The number of carbonyl (C=O) groups is 1. The maximum atomic E-state index is 11.5. The van der Waals surface area contributed by atoms with E-state index >= 15 is 0 Å². The number of hydrogen-bond acceptors (Lipinski definition) is 4. The van der Waals surface area contributed by atoms with Crippen molar-refractivity contribution >= 4 is 5.97 Å². The molecule has 1 aromatic heterocycles. The predicted octanol–water partition coefficient (Wildman–Crippen LogP) is 2.90. The molecule has 6 heteroatoms. The van der Waals surface area contributed by atoms with Crippen LogP contribution in [-0.2, 0) is 24.3 Å². The first-order valence-electron chi connectivity index (χ1n) is 8.30. The smallest absolute Gasteiger partial charge is 0.356 e. The highest BCUT2D eigenvalue weighted by Gasteiger charge is 2.28. The molecule has 0 saturated heterocycles. The number of aryl methyl sites for hydroxylation is 1. The lowest BCUT2D eigenvalue weighted by molar-refractivity contribution is 0.0687. The van der Waals surface area contributed by atoms with Gasteiger partial charge in [-0.05, 0) is 12.0 Å². The summed E-state index contributed by atoms with van der Waals surface area (Å²) < 4.78 is 13.3. The van der Waals surface area contributed by atoms with Crippen LogP contribution in [0.1, 0.15) is 41.4 Å². The summed E-state index contributed by atoms with van der Waals surface area (Å²) in [5, 5.41) is 13.6. The van der Waals surface area contributed by atoms with Crippen LogP contribution in [0.5, 0.6) is 5.88 Å². The van der Waals surface area contributed by atoms with Gasteiger partial charge < -0.3 is 14.6 Å². The van der Waals surface area contributed by atoms with Crippen molar-refractivity contribution in [1.29, 1.82) is 0 Å². The molecule has 0 aliphatic carbocycles. The Labute approximate surface area is 141 Å². The molecule has 0 fully saturated rings. The lowest BCUT2D eigenvalue weighted by atomic mass is 10.1. The molecule has 128 valence electrons. The van der Waals surface area contributed by atoms with Gasteiger partial charge in [-0.2, -0.15) is 5.10 Å². The summed E-state index contributed by atoms with van der Waals surface area (Å²) in [4.78, 5) is 11.5. The molecule has 0 amide bonds. The van der Waals surface area contributed by atoms with Crippen LogP contribution in [-0.4, -0.2) is 33.6 Å². The van der Waals surface area contributed by atoms with Crippen molar-refractivity contribution in [2.24, 2.45) is 0 Å². The van der Waals surface area contributed by atoms with Crippen molar-refractivity contribution in [1.82, 2.24) is 9.78 Å². The van der Waals surface area contributed by atoms with Crippen molar-refractivity contribution in [2.75, 3.05) is 6.61 Å². The minimum Gasteiger partial charge on any atom is -0.476 e. The highest BCUT2D eigenvalue weighted by atomic mass is 16.5. The molecule has 1 aliphatic heterocycles. The summed E-state index contributed by atoms with van der Waals surface area (Å²) in [7, 11) is 0. The van der Waals surface area contributed by atoms with Crippen molar-refractivity contribution < 1.29 is 19.4 Å². The summed E-state index contributed by atoms with van der Waals surface area (Å²) in [5.74, 6) is -0.430. The summed E-state index contributed by atoms with van der Waals surface area (Å²) in [6, 6.07) is 9.89. The summed E-state index contributed by atoms with van der Waals surface area (Å²) in [5.41, 5.74) is 1.80. The van der Waals surface area contributed by atoms with Gasteiger partial charge >= 0.3 is 5.97 Å².